The van der Waals surface area contributed by atoms with Crippen LogP contribution in [-0.2, 0) is 23.1 Å². The fourth-order valence-corrected chi connectivity index (χ4v) is 4.24. The minimum atomic E-state index is -3.49. The highest BCUT2D eigenvalue weighted by Crippen LogP contribution is 2.37. The van der Waals surface area contributed by atoms with E-state index >= 15 is 0 Å². The number of nitrogens with one attached hydrogen (secondary N) is 1. The molecule has 0 radical (unpaired) electrons. The molecule has 0 spiro atoms. The fraction of sp³-hybridized carbons (Fsp3) is 0.429. The number of aryl methyl sites for hydroxylation is 1. The molecule has 0 amide bonds. The largest absolute Gasteiger partial charge is 0.346 e. The maximum Gasteiger partial charge on any atom is 0.242 e. The number of thiophene rings is 1. The van der Waals surface area contributed by atoms with Crippen LogP contribution in [0.3, 0.4) is 0 Å². The zero-order chi connectivity index (χ0) is 15.0. The van der Waals surface area contributed by atoms with Gasteiger partial charge in [0.1, 0.15) is 0 Å². The fourth-order valence-electron chi connectivity index (χ4n) is 2.32. The van der Waals surface area contributed by atoms with E-state index in [-0.39, 0.29) is 0 Å². The van der Waals surface area contributed by atoms with Crippen molar-refractivity contribution in [2.45, 2.75) is 43.8 Å². The smallest absolute Gasteiger partial charge is 0.242 e. The van der Waals surface area contributed by atoms with Crippen molar-refractivity contribution < 1.29 is 8.42 Å². The Labute approximate surface area is 128 Å². The van der Waals surface area contributed by atoms with Gasteiger partial charge >= 0.3 is 0 Å². The first-order chi connectivity index (χ1) is 10.0. The van der Waals surface area contributed by atoms with Gasteiger partial charge in [0.25, 0.3) is 0 Å². The Morgan fingerprint density at radius 1 is 1.43 bits per heavy atom. The monoisotopic (exact) mass is 325 g/mol. The lowest BCUT2D eigenvalue weighted by Crippen LogP contribution is -2.23. The number of nitrogens with two attached hydrogens (primary N) is 1. The van der Waals surface area contributed by atoms with Crippen molar-refractivity contribution in [1.29, 1.82) is 0 Å². The second-order valence-electron chi connectivity index (χ2n) is 5.41. The molecule has 1 aliphatic rings. The molecule has 1 saturated carbocycles. The summed E-state index contributed by atoms with van der Waals surface area (Å²) >= 11 is 1.58. The van der Waals surface area contributed by atoms with Crippen LogP contribution >= 0.6 is 11.3 Å². The molecule has 21 heavy (non-hydrogen) atoms. The summed E-state index contributed by atoms with van der Waals surface area (Å²) in [7, 11) is -3.49. The molecule has 0 atom stereocenters. The lowest BCUT2D eigenvalue weighted by molar-refractivity contribution is 0.580. The van der Waals surface area contributed by atoms with E-state index in [1.807, 2.05) is 22.3 Å². The summed E-state index contributed by atoms with van der Waals surface area (Å²) in [6.07, 6.45) is 3.91. The molecular formula is C14H19N3O2S2. The van der Waals surface area contributed by atoms with E-state index in [0.717, 1.165) is 29.7 Å². The number of rotatable bonds is 6. The molecule has 0 bridgehead atoms. The van der Waals surface area contributed by atoms with Crippen molar-refractivity contribution in [3.05, 3.63) is 39.8 Å². The molecule has 0 aliphatic heterocycles. The van der Waals surface area contributed by atoms with E-state index in [9.17, 15) is 8.42 Å². The Morgan fingerprint density at radius 3 is 2.76 bits per heavy atom. The van der Waals surface area contributed by atoms with Crippen LogP contribution in [0.2, 0.25) is 0 Å². The number of hydrogen-bond acceptors (Lipinski definition) is 4. The highest BCUT2D eigenvalue weighted by Gasteiger charge is 2.27. The second kappa shape index (κ2) is 5.57. The van der Waals surface area contributed by atoms with Crippen LogP contribution in [0.1, 0.15) is 35.7 Å². The van der Waals surface area contributed by atoms with Crippen molar-refractivity contribution in [2.75, 3.05) is 0 Å². The molecule has 2 aromatic rings. The number of aromatic nitrogens is 1. The lowest BCUT2D eigenvalue weighted by Gasteiger charge is -2.05. The molecule has 7 heteroatoms. The van der Waals surface area contributed by atoms with Crippen molar-refractivity contribution in [2.24, 2.45) is 5.73 Å². The first-order valence-corrected chi connectivity index (χ1v) is 9.36. The summed E-state index contributed by atoms with van der Waals surface area (Å²) in [6, 6.07) is 2.10. The van der Waals surface area contributed by atoms with Gasteiger partial charge in [0, 0.05) is 31.0 Å². The van der Waals surface area contributed by atoms with Crippen LogP contribution in [0.15, 0.2) is 27.9 Å². The second-order valence-corrected chi connectivity index (χ2v) is 7.92. The van der Waals surface area contributed by atoms with Crippen LogP contribution in [0.25, 0.3) is 0 Å². The third kappa shape index (κ3) is 3.06. The molecular weight excluding hydrogens is 306 g/mol. The first kappa shape index (κ1) is 14.8. The zero-order valence-electron chi connectivity index (χ0n) is 11.9. The standard InChI is InChI=1S/C14H19N3O2S2/c1-10-8-20-9-11(10)6-16-21(18,19)14-4-13(5-15)17(7-14)12-2-3-12/h4,7-9,12,16H,2-3,5-6,15H2,1H3. The average Bonchev–Trinajstić information content (AvgIpc) is 3.06. The summed E-state index contributed by atoms with van der Waals surface area (Å²) in [4.78, 5) is 0.308. The Bertz CT molecular complexity index is 742. The van der Waals surface area contributed by atoms with E-state index in [4.69, 9.17) is 5.73 Å². The minimum Gasteiger partial charge on any atom is -0.346 e. The normalized spacial score (nSPS) is 15.5. The van der Waals surface area contributed by atoms with Gasteiger partial charge in [-0.05, 0) is 47.7 Å². The van der Waals surface area contributed by atoms with Crippen molar-refractivity contribution in [3.63, 3.8) is 0 Å². The van der Waals surface area contributed by atoms with E-state index in [0.29, 0.717) is 24.0 Å². The third-order valence-corrected chi connectivity index (χ3v) is 6.06. The Balaban J connectivity index is 1.79. The van der Waals surface area contributed by atoms with E-state index in [1.54, 1.807) is 23.6 Å². The van der Waals surface area contributed by atoms with Gasteiger partial charge in [0.15, 0.2) is 0 Å². The van der Waals surface area contributed by atoms with Crippen LogP contribution in [-0.4, -0.2) is 13.0 Å². The number of sulfonamides is 1. The van der Waals surface area contributed by atoms with Gasteiger partial charge in [-0.15, -0.1) is 0 Å². The quantitative estimate of drug-likeness (QED) is 0.854. The Kier molecular flexibility index (Phi) is 3.92. The molecule has 0 unspecified atom stereocenters. The van der Waals surface area contributed by atoms with Gasteiger partial charge in [0.2, 0.25) is 10.0 Å². The van der Waals surface area contributed by atoms with Crippen molar-refractivity contribution in [1.82, 2.24) is 9.29 Å². The van der Waals surface area contributed by atoms with Gasteiger partial charge < -0.3 is 10.3 Å². The van der Waals surface area contributed by atoms with E-state index in [1.165, 1.54) is 0 Å². The molecule has 2 aromatic heterocycles. The zero-order valence-corrected chi connectivity index (χ0v) is 13.5. The average molecular weight is 325 g/mol. The summed E-state index contributed by atoms with van der Waals surface area (Å²) in [5.74, 6) is 0. The molecule has 1 aliphatic carbocycles. The van der Waals surface area contributed by atoms with Gasteiger partial charge in [-0.3, -0.25) is 0 Å². The molecule has 114 valence electrons. The lowest BCUT2D eigenvalue weighted by atomic mass is 10.2. The minimum absolute atomic E-state index is 0.308. The molecule has 0 saturated heterocycles. The summed E-state index contributed by atoms with van der Waals surface area (Å²) in [6.45, 7) is 2.66. The van der Waals surface area contributed by atoms with E-state index < -0.39 is 10.0 Å². The first-order valence-electron chi connectivity index (χ1n) is 6.93. The Hall–Kier alpha value is -1.15. The highest BCUT2D eigenvalue weighted by atomic mass is 32.2. The van der Waals surface area contributed by atoms with E-state index in [2.05, 4.69) is 4.72 Å². The van der Waals surface area contributed by atoms with Gasteiger partial charge in [-0.25, -0.2) is 13.1 Å². The maximum absolute atomic E-state index is 12.4. The molecule has 5 nitrogen and oxygen atoms in total. The van der Waals surface area contributed by atoms with Crippen molar-refractivity contribution >= 4 is 21.4 Å². The molecule has 1 fully saturated rings. The van der Waals surface area contributed by atoms with Crippen LogP contribution in [0, 0.1) is 6.92 Å². The van der Waals surface area contributed by atoms with Crippen LogP contribution in [0.4, 0.5) is 0 Å². The summed E-state index contributed by atoms with van der Waals surface area (Å²) < 4.78 is 29.5. The molecule has 2 heterocycles. The summed E-state index contributed by atoms with van der Waals surface area (Å²) in [5.41, 5.74) is 8.72. The van der Waals surface area contributed by atoms with Gasteiger partial charge in [-0.1, -0.05) is 0 Å². The van der Waals surface area contributed by atoms with Crippen molar-refractivity contribution in [3.8, 4) is 0 Å². The van der Waals surface area contributed by atoms with Gasteiger partial charge in [0.05, 0.1) is 4.90 Å². The maximum atomic E-state index is 12.4. The number of nitrogens with zero attached hydrogens (tertiary/aromatic N) is 1. The molecule has 3 rings (SSSR count). The topological polar surface area (TPSA) is 77.1 Å². The van der Waals surface area contributed by atoms with Crippen LogP contribution in [0.5, 0.6) is 0 Å². The van der Waals surface area contributed by atoms with Crippen LogP contribution < -0.4 is 10.5 Å². The summed E-state index contributed by atoms with van der Waals surface area (Å²) in [5, 5.41) is 3.98. The Morgan fingerprint density at radius 2 is 2.19 bits per heavy atom. The number of hydrogen-bond donors (Lipinski definition) is 2. The molecule has 0 aromatic carbocycles. The highest BCUT2D eigenvalue weighted by molar-refractivity contribution is 7.89. The molecule has 3 N–H and O–H groups in total. The predicted molar refractivity (Wildman–Crippen MR) is 83.7 cm³/mol. The SMILES string of the molecule is Cc1cscc1CNS(=O)(=O)c1cc(CN)n(C2CC2)c1. The van der Waals surface area contributed by atoms with Gasteiger partial charge in [-0.2, -0.15) is 11.3 Å². The third-order valence-electron chi connectivity index (χ3n) is 3.78. The predicted octanol–water partition coefficient (Wildman–Crippen LogP) is 2.13.